The molecule has 1 heterocycles. The van der Waals surface area contributed by atoms with Gasteiger partial charge in [0.2, 0.25) is 5.78 Å². The first-order valence-electron chi connectivity index (χ1n) is 4.22. The summed E-state index contributed by atoms with van der Waals surface area (Å²) in [5.41, 5.74) is 1.27. The van der Waals surface area contributed by atoms with Gasteiger partial charge in [-0.05, 0) is 24.3 Å². The van der Waals surface area contributed by atoms with Gasteiger partial charge in [-0.1, -0.05) is 0 Å². The Morgan fingerprint density at radius 2 is 2.07 bits per heavy atom. The van der Waals surface area contributed by atoms with E-state index in [1.54, 1.807) is 24.3 Å². The molecule has 2 rings (SSSR count). The molecule has 0 atom stereocenters. The molecule has 15 heavy (non-hydrogen) atoms. The minimum absolute atomic E-state index is 0.215. The molecular formula is C10H6N4O. The van der Waals surface area contributed by atoms with Crippen LogP contribution in [0.3, 0.4) is 0 Å². The number of benzene rings is 1. The maximum atomic E-state index is 11.7. The van der Waals surface area contributed by atoms with Gasteiger partial charge in [-0.3, -0.25) is 4.79 Å². The van der Waals surface area contributed by atoms with E-state index in [2.05, 4.69) is 15.4 Å². The zero-order valence-electron chi connectivity index (χ0n) is 7.64. The number of hydrogen-bond donors (Lipinski definition) is 1. The summed E-state index contributed by atoms with van der Waals surface area (Å²) in [7, 11) is 0. The van der Waals surface area contributed by atoms with E-state index in [-0.39, 0.29) is 11.5 Å². The second kappa shape index (κ2) is 3.72. The third-order valence-corrected chi connectivity index (χ3v) is 1.92. The maximum Gasteiger partial charge on any atom is 0.214 e. The Hall–Kier alpha value is -2.48. The summed E-state index contributed by atoms with van der Waals surface area (Å²) in [4.78, 5) is 11.7. The van der Waals surface area contributed by atoms with Crippen molar-refractivity contribution in [1.82, 2.24) is 15.4 Å². The second-order valence-corrected chi connectivity index (χ2v) is 2.87. The van der Waals surface area contributed by atoms with E-state index in [9.17, 15) is 4.79 Å². The molecule has 72 valence electrons. The van der Waals surface area contributed by atoms with Crippen molar-refractivity contribution in [3.8, 4) is 6.07 Å². The predicted octanol–water partition coefficient (Wildman–Crippen LogP) is 0.907. The van der Waals surface area contributed by atoms with Crippen LogP contribution in [-0.2, 0) is 0 Å². The standard InChI is InChI=1S/C10H6N4O/c11-5-7-1-3-8(4-2-7)10(15)9-6-12-14-13-9/h1-4,6H,(H,12,13,14). The first-order valence-corrected chi connectivity index (χ1v) is 4.22. The summed E-state index contributed by atoms with van der Waals surface area (Å²) in [6.45, 7) is 0. The number of carbonyl (C=O) groups excluding carboxylic acids is 1. The molecular weight excluding hydrogens is 192 g/mol. The fourth-order valence-corrected chi connectivity index (χ4v) is 1.16. The molecule has 0 amide bonds. The van der Waals surface area contributed by atoms with Crippen molar-refractivity contribution in [3.63, 3.8) is 0 Å². The van der Waals surface area contributed by atoms with Crippen LogP contribution in [0.5, 0.6) is 0 Å². The van der Waals surface area contributed by atoms with Crippen molar-refractivity contribution in [3.05, 3.63) is 47.3 Å². The van der Waals surface area contributed by atoms with Gasteiger partial charge < -0.3 is 0 Å². The van der Waals surface area contributed by atoms with Crippen molar-refractivity contribution in [2.24, 2.45) is 0 Å². The Morgan fingerprint density at radius 1 is 1.33 bits per heavy atom. The number of nitrogens with zero attached hydrogens (tertiary/aromatic N) is 3. The topological polar surface area (TPSA) is 82.4 Å². The van der Waals surface area contributed by atoms with Gasteiger partial charge >= 0.3 is 0 Å². The molecule has 5 heteroatoms. The van der Waals surface area contributed by atoms with E-state index in [0.29, 0.717) is 11.1 Å². The third kappa shape index (κ3) is 1.74. The highest BCUT2D eigenvalue weighted by molar-refractivity contribution is 6.07. The molecule has 0 fully saturated rings. The number of carbonyl (C=O) groups is 1. The number of H-pyrrole nitrogens is 1. The van der Waals surface area contributed by atoms with Crippen LogP contribution in [-0.4, -0.2) is 21.2 Å². The maximum absolute atomic E-state index is 11.7. The Kier molecular flexibility index (Phi) is 2.25. The van der Waals surface area contributed by atoms with Gasteiger partial charge in [-0.15, -0.1) is 0 Å². The highest BCUT2D eigenvalue weighted by Gasteiger charge is 2.10. The van der Waals surface area contributed by atoms with Crippen molar-refractivity contribution in [2.75, 3.05) is 0 Å². The minimum Gasteiger partial charge on any atom is -0.287 e. The molecule has 0 saturated carbocycles. The van der Waals surface area contributed by atoms with Crippen molar-refractivity contribution >= 4 is 5.78 Å². The lowest BCUT2D eigenvalue weighted by Crippen LogP contribution is -2.01. The average molecular weight is 198 g/mol. The normalized spacial score (nSPS) is 9.53. The number of rotatable bonds is 2. The fourth-order valence-electron chi connectivity index (χ4n) is 1.16. The molecule has 0 radical (unpaired) electrons. The van der Waals surface area contributed by atoms with E-state index in [1.807, 2.05) is 6.07 Å². The largest absolute Gasteiger partial charge is 0.287 e. The Balaban J connectivity index is 2.32. The van der Waals surface area contributed by atoms with Crippen molar-refractivity contribution in [2.45, 2.75) is 0 Å². The van der Waals surface area contributed by atoms with E-state index in [0.717, 1.165) is 0 Å². The smallest absolute Gasteiger partial charge is 0.214 e. The monoisotopic (exact) mass is 198 g/mol. The number of aromatic amines is 1. The third-order valence-electron chi connectivity index (χ3n) is 1.92. The molecule has 1 aromatic heterocycles. The van der Waals surface area contributed by atoms with Gasteiger partial charge in [-0.25, -0.2) is 0 Å². The van der Waals surface area contributed by atoms with E-state index in [1.165, 1.54) is 6.20 Å². The predicted molar refractivity (Wildman–Crippen MR) is 51.0 cm³/mol. The van der Waals surface area contributed by atoms with E-state index in [4.69, 9.17) is 5.26 Å². The Bertz CT molecular complexity index is 507. The van der Waals surface area contributed by atoms with Crippen LogP contribution in [0, 0.1) is 11.3 Å². The summed E-state index contributed by atoms with van der Waals surface area (Å²) in [6, 6.07) is 8.35. The zero-order valence-corrected chi connectivity index (χ0v) is 7.64. The van der Waals surface area contributed by atoms with Gasteiger partial charge in [0.25, 0.3) is 0 Å². The number of nitrogens with one attached hydrogen (secondary N) is 1. The lowest BCUT2D eigenvalue weighted by molar-refractivity contribution is 0.103. The van der Waals surface area contributed by atoms with Crippen LogP contribution >= 0.6 is 0 Å². The summed E-state index contributed by atoms with van der Waals surface area (Å²) in [6.07, 6.45) is 1.36. The molecule has 1 N–H and O–H groups in total. The second-order valence-electron chi connectivity index (χ2n) is 2.87. The van der Waals surface area contributed by atoms with Crippen LogP contribution in [0.15, 0.2) is 30.5 Å². The van der Waals surface area contributed by atoms with Gasteiger partial charge in [0.05, 0.1) is 17.8 Å². The molecule has 0 aliphatic carbocycles. The van der Waals surface area contributed by atoms with Crippen molar-refractivity contribution < 1.29 is 4.79 Å². The highest BCUT2D eigenvalue weighted by atomic mass is 16.1. The summed E-state index contributed by atoms with van der Waals surface area (Å²) in [5.74, 6) is -0.215. The van der Waals surface area contributed by atoms with E-state index < -0.39 is 0 Å². The molecule has 0 unspecified atom stereocenters. The fraction of sp³-hybridized carbons (Fsp3) is 0. The lowest BCUT2D eigenvalue weighted by atomic mass is 10.1. The van der Waals surface area contributed by atoms with Crippen LogP contribution < -0.4 is 0 Å². The Labute approximate surface area is 85.4 Å². The highest BCUT2D eigenvalue weighted by Crippen LogP contribution is 2.07. The first kappa shape index (κ1) is 9.09. The average Bonchev–Trinajstić information content (AvgIpc) is 2.82. The molecule has 0 saturated heterocycles. The lowest BCUT2D eigenvalue weighted by Gasteiger charge is -1.95. The van der Waals surface area contributed by atoms with Gasteiger partial charge in [0, 0.05) is 5.56 Å². The minimum atomic E-state index is -0.215. The number of nitriles is 1. The molecule has 0 aliphatic rings. The molecule has 0 bridgehead atoms. The number of hydrogen-bond acceptors (Lipinski definition) is 4. The molecule has 1 aromatic carbocycles. The number of ketones is 1. The van der Waals surface area contributed by atoms with E-state index >= 15 is 0 Å². The zero-order chi connectivity index (χ0) is 10.7. The molecule has 0 spiro atoms. The number of aromatic nitrogens is 3. The molecule has 0 aliphatic heterocycles. The first-order chi connectivity index (χ1) is 7.31. The quantitative estimate of drug-likeness (QED) is 0.727. The molecule has 5 nitrogen and oxygen atoms in total. The SMILES string of the molecule is N#Cc1ccc(C(=O)c2cn[nH]n2)cc1. The van der Waals surface area contributed by atoms with Gasteiger partial charge in [-0.2, -0.15) is 20.7 Å². The summed E-state index contributed by atoms with van der Waals surface area (Å²) < 4.78 is 0. The van der Waals surface area contributed by atoms with Crippen LogP contribution in [0.1, 0.15) is 21.6 Å². The van der Waals surface area contributed by atoms with Gasteiger partial charge in [0.15, 0.2) is 5.69 Å². The van der Waals surface area contributed by atoms with Crippen LogP contribution in [0.4, 0.5) is 0 Å². The molecule has 2 aromatic rings. The van der Waals surface area contributed by atoms with Crippen LogP contribution in [0.2, 0.25) is 0 Å². The van der Waals surface area contributed by atoms with Gasteiger partial charge in [0.1, 0.15) is 0 Å². The summed E-state index contributed by atoms with van der Waals surface area (Å²) >= 11 is 0. The van der Waals surface area contributed by atoms with Crippen LogP contribution in [0.25, 0.3) is 0 Å². The summed E-state index contributed by atoms with van der Waals surface area (Å²) in [5, 5.41) is 18.2. The van der Waals surface area contributed by atoms with Crippen molar-refractivity contribution in [1.29, 1.82) is 5.26 Å². The Morgan fingerprint density at radius 3 is 2.60 bits per heavy atom.